The Morgan fingerprint density at radius 2 is 1.30 bits per heavy atom. The number of alkyl halides is 1. The van der Waals surface area contributed by atoms with E-state index in [9.17, 15) is 5.11 Å². The predicted molar refractivity (Wildman–Crippen MR) is 87.5 cm³/mol. The minimum absolute atomic E-state index is 0.483. The van der Waals surface area contributed by atoms with E-state index in [2.05, 4.69) is 27.8 Å². The first kappa shape index (κ1) is 15.4. The summed E-state index contributed by atoms with van der Waals surface area (Å²) in [7, 11) is 0. The molecule has 1 nitrogen and oxygen atoms in total. The fraction of sp³-hybridized carbons (Fsp3) is 0.125. The smallest absolute Gasteiger partial charge is 0.176 e. The van der Waals surface area contributed by atoms with Gasteiger partial charge in [0.1, 0.15) is 0 Å². The molecular weight excluding hydrogens is 359 g/mol. The zero-order chi connectivity index (χ0) is 14.6. The first-order valence-electron chi connectivity index (χ1n) is 5.87. The van der Waals surface area contributed by atoms with Crippen molar-refractivity contribution < 1.29 is 5.11 Å². The van der Waals surface area contributed by atoms with Crippen molar-refractivity contribution in [3.05, 3.63) is 69.7 Å². The summed E-state index contributed by atoms with van der Waals surface area (Å²) in [6.45, 7) is 0. The molecule has 0 unspecified atom stereocenters. The van der Waals surface area contributed by atoms with Crippen molar-refractivity contribution in [2.75, 3.05) is 5.33 Å². The van der Waals surface area contributed by atoms with Crippen molar-refractivity contribution in [3.8, 4) is 11.8 Å². The highest BCUT2D eigenvalue weighted by Gasteiger charge is 2.29. The number of aliphatic hydroxyl groups is 1. The fourth-order valence-electron chi connectivity index (χ4n) is 1.85. The minimum Gasteiger partial charge on any atom is -0.369 e. The first-order valence-corrected chi connectivity index (χ1v) is 7.74. The second-order valence-electron chi connectivity index (χ2n) is 4.16. The van der Waals surface area contributed by atoms with Crippen LogP contribution in [-0.4, -0.2) is 10.4 Å². The van der Waals surface area contributed by atoms with E-state index in [4.69, 9.17) is 23.2 Å². The van der Waals surface area contributed by atoms with E-state index in [1.54, 1.807) is 48.5 Å². The lowest BCUT2D eigenvalue weighted by Crippen LogP contribution is -2.25. The van der Waals surface area contributed by atoms with Gasteiger partial charge in [0.15, 0.2) is 5.60 Å². The van der Waals surface area contributed by atoms with E-state index in [1.165, 1.54) is 0 Å². The fourth-order valence-corrected chi connectivity index (χ4v) is 2.25. The minimum atomic E-state index is -1.39. The maximum atomic E-state index is 11.0. The molecule has 0 amide bonds. The molecule has 0 heterocycles. The molecule has 20 heavy (non-hydrogen) atoms. The van der Waals surface area contributed by atoms with Crippen LogP contribution in [0.2, 0.25) is 10.0 Å². The van der Waals surface area contributed by atoms with Crippen LogP contribution in [0.3, 0.4) is 0 Å². The van der Waals surface area contributed by atoms with Gasteiger partial charge in [-0.2, -0.15) is 0 Å². The lowest BCUT2D eigenvalue weighted by molar-refractivity contribution is 0.145. The molecule has 0 radical (unpaired) electrons. The molecule has 0 spiro atoms. The van der Waals surface area contributed by atoms with Crippen LogP contribution < -0.4 is 0 Å². The molecule has 2 rings (SSSR count). The van der Waals surface area contributed by atoms with Crippen molar-refractivity contribution >= 4 is 39.1 Å². The number of hydrogen-bond acceptors (Lipinski definition) is 1. The highest BCUT2D eigenvalue weighted by molar-refractivity contribution is 9.09. The summed E-state index contributed by atoms with van der Waals surface area (Å²) in [5.41, 5.74) is -0.0569. The van der Waals surface area contributed by atoms with E-state index in [0.717, 1.165) is 0 Å². The van der Waals surface area contributed by atoms with Gasteiger partial charge in [-0.1, -0.05) is 75.2 Å². The summed E-state index contributed by atoms with van der Waals surface area (Å²) in [6.07, 6.45) is 0. The lowest BCUT2D eigenvalue weighted by Gasteiger charge is -2.23. The second kappa shape index (κ2) is 6.65. The number of hydrogen-bond donors (Lipinski definition) is 1. The van der Waals surface area contributed by atoms with Gasteiger partial charge in [-0.3, -0.25) is 0 Å². The molecule has 2 aromatic carbocycles. The van der Waals surface area contributed by atoms with Crippen molar-refractivity contribution in [2.24, 2.45) is 0 Å². The predicted octanol–water partition coefficient (Wildman–Crippen LogP) is 4.63. The summed E-state index contributed by atoms with van der Waals surface area (Å²) in [5.74, 6) is 5.76. The molecule has 0 saturated carbocycles. The van der Waals surface area contributed by atoms with Crippen molar-refractivity contribution in [2.45, 2.75) is 5.60 Å². The topological polar surface area (TPSA) is 20.2 Å². The van der Waals surface area contributed by atoms with E-state index >= 15 is 0 Å². The van der Waals surface area contributed by atoms with E-state index in [0.29, 0.717) is 26.5 Å². The van der Waals surface area contributed by atoms with E-state index in [-0.39, 0.29) is 0 Å². The molecule has 2 aromatic rings. The van der Waals surface area contributed by atoms with Gasteiger partial charge in [-0.05, 0) is 24.3 Å². The van der Waals surface area contributed by atoms with Crippen LogP contribution in [0.15, 0.2) is 48.5 Å². The van der Waals surface area contributed by atoms with E-state index in [1.807, 2.05) is 0 Å². The van der Waals surface area contributed by atoms with Crippen LogP contribution in [0, 0.1) is 11.8 Å². The Kier molecular flexibility index (Phi) is 5.12. The Labute approximate surface area is 136 Å². The summed E-state index contributed by atoms with van der Waals surface area (Å²) in [6, 6.07) is 14.0. The van der Waals surface area contributed by atoms with Gasteiger partial charge in [-0.25, -0.2) is 0 Å². The quantitative estimate of drug-likeness (QED) is 0.604. The Balaban J connectivity index is 2.55. The summed E-state index contributed by atoms with van der Waals surface area (Å²) in [5, 5.41) is 12.7. The third-order valence-electron chi connectivity index (χ3n) is 2.86. The molecule has 1 N–H and O–H groups in total. The molecule has 0 saturated heterocycles. The van der Waals surface area contributed by atoms with Crippen LogP contribution in [0.25, 0.3) is 0 Å². The molecule has 4 heteroatoms. The average Bonchev–Trinajstić information content (AvgIpc) is 2.46. The Morgan fingerprint density at radius 1 is 0.900 bits per heavy atom. The standard InChI is InChI=1S/C16H11BrCl2O/c17-11-1-10-16(20,12-2-6-14(18)7-3-12)13-4-8-15(19)9-5-13/h2-9,20H,11H2. The van der Waals surface area contributed by atoms with Crippen molar-refractivity contribution in [1.29, 1.82) is 0 Å². The van der Waals surface area contributed by atoms with E-state index < -0.39 is 5.60 Å². The van der Waals surface area contributed by atoms with Gasteiger partial charge < -0.3 is 5.11 Å². The third kappa shape index (κ3) is 3.37. The average molecular weight is 370 g/mol. The molecule has 0 aliphatic rings. The zero-order valence-corrected chi connectivity index (χ0v) is 13.5. The zero-order valence-electron chi connectivity index (χ0n) is 10.4. The van der Waals surface area contributed by atoms with Crippen LogP contribution in [-0.2, 0) is 5.60 Å². The van der Waals surface area contributed by atoms with Gasteiger partial charge in [0.25, 0.3) is 0 Å². The Bertz CT molecular complexity index is 593. The lowest BCUT2D eigenvalue weighted by atomic mass is 9.87. The molecule has 0 aromatic heterocycles. The monoisotopic (exact) mass is 368 g/mol. The summed E-state index contributed by atoms with van der Waals surface area (Å²) < 4.78 is 0. The largest absolute Gasteiger partial charge is 0.369 e. The third-order valence-corrected chi connectivity index (χ3v) is 3.64. The molecule has 0 bridgehead atoms. The van der Waals surface area contributed by atoms with Crippen LogP contribution >= 0.6 is 39.1 Å². The Morgan fingerprint density at radius 3 is 1.65 bits per heavy atom. The van der Waals surface area contributed by atoms with Crippen molar-refractivity contribution in [3.63, 3.8) is 0 Å². The number of rotatable bonds is 2. The van der Waals surface area contributed by atoms with Crippen molar-refractivity contribution in [1.82, 2.24) is 0 Å². The highest BCUT2D eigenvalue weighted by Crippen LogP contribution is 2.30. The normalized spacial score (nSPS) is 10.8. The first-order chi connectivity index (χ1) is 9.56. The number of benzene rings is 2. The van der Waals surface area contributed by atoms with Gasteiger partial charge in [0, 0.05) is 21.2 Å². The molecule has 102 valence electrons. The van der Waals surface area contributed by atoms with Gasteiger partial charge >= 0.3 is 0 Å². The molecule has 0 aliphatic carbocycles. The maximum absolute atomic E-state index is 11.0. The highest BCUT2D eigenvalue weighted by atomic mass is 79.9. The van der Waals surface area contributed by atoms with Crippen LogP contribution in [0.5, 0.6) is 0 Å². The van der Waals surface area contributed by atoms with Gasteiger partial charge in [0.2, 0.25) is 0 Å². The summed E-state index contributed by atoms with van der Waals surface area (Å²) >= 11 is 15.0. The molecular formula is C16H11BrCl2O. The molecule has 0 fully saturated rings. The number of halogens is 3. The van der Waals surface area contributed by atoms with Gasteiger partial charge in [0.05, 0.1) is 5.33 Å². The van der Waals surface area contributed by atoms with Gasteiger partial charge in [-0.15, -0.1) is 0 Å². The van der Waals surface area contributed by atoms with Crippen LogP contribution in [0.1, 0.15) is 11.1 Å². The second-order valence-corrected chi connectivity index (χ2v) is 5.59. The molecule has 0 aliphatic heterocycles. The Hall–Kier alpha value is -0.980. The maximum Gasteiger partial charge on any atom is 0.176 e. The SMILES string of the molecule is OC(C#CCBr)(c1ccc(Cl)cc1)c1ccc(Cl)cc1. The molecule has 0 atom stereocenters. The summed E-state index contributed by atoms with van der Waals surface area (Å²) in [4.78, 5) is 0. The van der Waals surface area contributed by atoms with Crippen LogP contribution in [0.4, 0.5) is 0 Å².